The molecule has 0 atom stereocenters. The highest BCUT2D eigenvalue weighted by molar-refractivity contribution is 5.16. The molecule has 0 saturated heterocycles. The molecule has 0 spiro atoms. The summed E-state index contributed by atoms with van der Waals surface area (Å²) in [6, 6.07) is 30.9. The van der Waals surface area contributed by atoms with Gasteiger partial charge in [-0.15, -0.1) is 0 Å². The molecule has 0 saturated carbocycles. The van der Waals surface area contributed by atoms with Crippen LogP contribution in [-0.2, 0) is 33.5 Å². The molecule has 3 rings (SSSR count). The predicted octanol–water partition coefficient (Wildman–Crippen LogP) is 5.05. The summed E-state index contributed by atoms with van der Waals surface area (Å²) in [6.45, 7) is 1.04. The number of hydrogen-bond donors (Lipinski definition) is 0. The zero-order valence-electron chi connectivity index (χ0n) is 16.2. The first-order chi connectivity index (χ1) is 13.9. The Morgan fingerprint density at radius 2 is 0.714 bits per heavy atom. The summed E-state index contributed by atoms with van der Waals surface area (Å²) in [7, 11) is 0. The van der Waals surface area contributed by atoms with Crippen LogP contribution < -0.4 is 0 Å². The summed E-state index contributed by atoms with van der Waals surface area (Å²) in [6.07, 6.45) is 2.50. The minimum Gasteiger partial charge on any atom is -0.330 e. The Bertz CT molecular complexity index is 651. The first-order valence-corrected chi connectivity index (χ1v) is 9.87. The van der Waals surface area contributed by atoms with Gasteiger partial charge in [0, 0.05) is 0 Å². The van der Waals surface area contributed by atoms with Gasteiger partial charge in [0.05, 0.1) is 19.8 Å². The minimum absolute atomic E-state index is 0.561. The van der Waals surface area contributed by atoms with Gasteiger partial charge >= 0.3 is 0 Å². The third-order valence-electron chi connectivity index (χ3n) is 4.46. The van der Waals surface area contributed by atoms with Gasteiger partial charge in [0.1, 0.15) is 0 Å². The fraction of sp³-hybridized carbons (Fsp3) is 0.280. The molecular weight excluding hydrogens is 348 g/mol. The number of ether oxygens (including phenoxy) is 3. The standard InChI is InChI=1S/C25H28O3/c1-4-10-22(11-5-1)16-19-26-25(27-20-17-23-12-6-2-7-13-23)28-21-18-24-14-8-3-9-15-24/h1-15,25H,16-21H2. The van der Waals surface area contributed by atoms with Crippen LogP contribution in [0.25, 0.3) is 0 Å². The zero-order valence-corrected chi connectivity index (χ0v) is 16.2. The van der Waals surface area contributed by atoms with E-state index in [2.05, 4.69) is 36.4 Å². The Balaban J connectivity index is 1.44. The third kappa shape index (κ3) is 7.65. The molecule has 3 heteroatoms. The average Bonchev–Trinajstić information content (AvgIpc) is 2.76. The molecule has 3 nitrogen and oxygen atoms in total. The normalized spacial score (nSPS) is 11.0. The fourth-order valence-electron chi connectivity index (χ4n) is 2.90. The quantitative estimate of drug-likeness (QED) is 0.414. The largest absolute Gasteiger partial charge is 0.330 e. The van der Waals surface area contributed by atoms with E-state index in [-0.39, 0.29) is 0 Å². The zero-order chi connectivity index (χ0) is 19.3. The molecule has 146 valence electrons. The summed E-state index contributed by atoms with van der Waals surface area (Å²) in [5, 5.41) is 0. The molecule has 0 aliphatic heterocycles. The second-order valence-electron chi connectivity index (χ2n) is 6.61. The van der Waals surface area contributed by atoms with Crippen LogP contribution in [-0.4, -0.2) is 26.3 Å². The van der Waals surface area contributed by atoms with Crippen molar-refractivity contribution < 1.29 is 14.2 Å². The van der Waals surface area contributed by atoms with Gasteiger partial charge in [-0.25, -0.2) is 0 Å². The van der Waals surface area contributed by atoms with Crippen LogP contribution in [0.1, 0.15) is 16.7 Å². The Morgan fingerprint density at radius 3 is 1.00 bits per heavy atom. The van der Waals surface area contributed by atoms with Gasteiger partial charge in [-0.05, 0) is 36.0 Å². The van der Waals surface area contributed by atoms with E-state index in [1.165, 1.54) is 16.7 Å². The van der Waals surface area contributed by atoms with Gasteiger partial charge in [0.15, 0.2) is 0 Å². The molecule has 0 aliphatic carbocycles. The van der Waals surface area contributed by atoms with Gasteiger partial charge in [-0.2, -0.15) is 0 Å². The second-order valence-corrected chi connectivity index (χ2v) is 6.61. The van der Waals surface area contributed by atoms with Crippen molar-refractivity contribution in [1.82, 2.24) is 0 Å². The highest BCUT2D eigenvalue weighted by Gasteiger charge is 2.10. The van der Waals surface area contributed by atoms with Crippen LogP contribution in [0.5, 0.6) is 0 Å². The molecule has 0 N–H and O–H groups in total. The molecule has 3 aromatic rings. The van der Waals surface area contributed by atoms with E-state index < -0.39 is 6.48 Å². The van der Waals surface area contributed by atoms with Crippen LogP contribution in [0.15, 0.2) is 91.0 Å². The molecule has 0 bridgehead atoms. The van der Waals surface area contributed by atoms with Crippen molar-refractivity contribution in [2.24, 2.45) is 0 Å². The topological polar surface area (TPSA) is 27.7 Å². The molecule has 3 aromatic carbocycles. The summed E-state index contributed by atoms with van der Waals surface area (Å²) >= 11 is 0. The van der Waals surface area contributed by atoms with Crippen LogP contribution in [0.2, 0.25) is 0 Å². The Kier molecular flexibility index (Phi) is 8.75. The van der Waals surface area contributed by atoms with Crippen LogP contribution in [0, 0.1) is 0 Å². The molecule has 0 amide bonds. The van der Waals surface area contributed by atoms with Crippen molar-refractivity contribution in [2.75, 3.05) is 19.8 Å². The lowest BCUT2D eigenvalue weighted by atomic mass is 10.2. The Labute approximate surface area is 167 Å². The van der Waals surface area contributed by atoms with Crippen LogP contribution in [0.3, 0.4) is 0 Å². The van der Waals surface area contributed by atoms with Gasteiger partial charge in [-0.3, -0.25) is 0 Å². The van der Waals surface area contributed by atoms with Crippen molar-refractivity contribution in [2.45, 2.75) is 25.7 Å². The van der Waals surface area contributed by atoms with E-state index in [0.29, 0.717) is 19.8 Å². The molecule has 0 aliphatic rings. The van der Waals surface area contributed by atoms with Crippen molar-refractivity contribution >= 4 is 0 Å². The average molecular weight is 376 g/mol. The van der Waals surface area contributed by atoms with E-state index in [1.807, 2.05) is 54.6 Å². The maximum absolute atomic E-state index is 5.88. The maximum Gasteiger partial charge on any atom is 0.271 e. The van der Waals surface area contributed by atoms with E-state index >= 15 is 0 Å². The summed E-state index contributed by atoms with van der Waals surface area (Å²) in [5.41, 5.74) is 3.74. The van der Waals surface area contributed by atoms with Gasteiger partial charge in [0.25, 0.3) is 6.48 Å². The molecule has 0 aromatic heterocycles. The highest BCUT2D eigenvalue weighted by atomic mass is 16.8. The minimum atomic E-state index is -0.642. The van der Waals surface area contributed by atoms with Crippen molar-refractivity contribution in [3.05, 3.63) is 108 Å². The van der Waals surface area contributed by atoms with E-state index in [4.69, 9.17) is 14.2 Å². The fourth-order valence-corrected chi connectivity index (χ4v) is 2.90. The summed E-state index contributed by atoms with van der Waals surface area (Å²) in [4.78, 5) is 0. The summed E-state index contributed by atoms with van der Waals surface area (Å²) in [5.74, 6) is 0. The van der Waals surface area contributed by atoms with E-state index in [9.17, 15) is 0 Å². The molecule has 28 heavy (non-hydrogen) atoms. The lowest BCUT2D eigenvalue weighted by molar-refractivity contribution is -0.287. The predicted molar refractivity (Wildman–Crippen MR) is 112 cm³/mol. The Morgan fingerprint density at radius 1 is 0.429 bits per heavy atom. The SMILES string of the molecule is c1ccc(CCOC(OCCc2ccccc2)OCCc2ccccc2)cc1. The van der Waals surface area contributed by atoms with Crippen molar-refractivity contribution in [1.29, 1.82) is 0 Å². The van der Waals surface area contributed by atoms with Crippen LogP contribution >= 0.6 is 0 Å². The number of hydrogen-bond acceptors (Lipinski definition) is 3. The molecule has 0 radical (unpaired) electrons. The molecule has 0 heterocycles. The number of rotatable bonds is 12. The Hall–Kier alpha value is -2.46. The first-order valence-electron chi connectivity index (χ1n) is 9.87. The third-order valence-corrected chi connectivity index (χ3v) is 4.46. The van der Waals surface area contributed by atoms with Crippen LogP contribution in [0.4, 0.5) is 0 Å². The molecular formula is C25H28O3. The van der Waals surface area contributed by atoms with Crippen molar-refractivity contribution in [3.8, 4) is 0 Å². The van der Waals surface area contributed by atoms with Gasteiger partial charge in [-0.1, -0.05) is 91.0 Å². The summed E-state index contributed by atoms with van der Waals surface area (Å²) < 4.78 is 17.6. The second kappa shape index (κ2) is 12.1. The first kappa shape index (κ1) is 20.3. The van der Waals surface area contributed by atoms with E-state index in [1.54, 1.807) is 0 Å². The smallest absolute Gasteiger partial charge is 0.271 e. The monoisotopic (exact) mass is 376 g/mol. The molecule has 0 fully saturated rings. The van der Waals surface area contributed by atoms with Crippen molar-refractivity contribution in [3.63, 3.8) is 0 Å². The van der Waals surface area contributed by atoms with Gasteiger partial charge in [0.2, 0.25) is 0 Å². The maximum atomic E-state index is 5.88. The van der Waals surface area contributed by atoms with Gasteiger partial charge < -0.3 is 14.2 Å². The number of benzene rings is 3. The highest BCUT2D eigenvalue weighted by Crippen LogP contribution is 2.07. The lowest BCUT2D eigenvalue weighted by Crippen LogP contribution is -2.24. The lowest BCUT2D eigenvalue weighted by Gasteiger charge is -2.19. The van der Waals surface area contributed by atoms with E-state index in [0.717, 1.165) is 19.3 Å². The molecule has 0 unspecified atom stereocenters.